The second-order valence-electron chi connectivity index (χ2n) is 3.23. The quantitative estimate of drug-likeness (QED) is 0.315. The van der Waals surface area contributed by atoms with Crippen molar-refractivity contribution in [2.45, 2.75) is 19.6 Å². The lowest BCUT2D eigenvalue weighted by molar-refractivity contribution is -0.259. The monoisotopic (exact) mass is 174 g/mol. The van der Waals surface area contributed by atoms with Crippen molar-refractivity contribution >= 4 is 5.91 Å². The van der Waals surface area contributed by atoms with Crippen molar-refractivity contribution in [1.29, 1.82) is 0 Å². The minimum Gasteiger partial charge on any atom is -0.350 e. The Morgan fingerprint density at radius 1 is 1.50 bits per heavy atom. The van der Waals surface area contributed by atoms with Crippen LogP contribution in [-0.2, 0) is 14.3 Å². The normalized spacial score (nSPS) is 23.6. The molecule has 0 aromatic rings. The van der Waals surface area contributed by atoms with E-state index >= 15 is 0 Å². The summed E-state index contributed by atoms with van der Waals surface area (Å²) in [5, 5.41) is 0. The van der Waals surface area contributed by atoms with Gasteiger partial charge >= 0.3 is 0 Å². The zero-order chi connectivity index (χ0) is 9.19. The van der Waals surface area contributed by atoms with E-state index in [-0.39, 0.29) is 11.8 Å². The average molecular weight is 174 g/mol. The maximum absolute atomic E-state index is 11.0. The molecule has 0 radical (unpaired) electrons. The number of nitrogens with one attached hydrogen (secondary N) is 1. The minimum atomic E-state index is -0.578. The fraction of sp³-hybridized carbons (Fsp3) is 0.857. The van der Waals surface area contributed by atoms with Gasteiger partial charge in [0.1, 0.15) is 0 Å². The molecule has 5 nitrogen and oxygen atoms in total. The van der Waals surface area contributed by atoms with Crippen LogP contribution in [-0.4, -0.2) is 24.9 Å². The predicted octanol–water partition coefficient (Wildman–Crippen LogP) is -0.625. The first-order valence-corrected chi connectivity index (χ1v) is 3.83. The zero-order valence-corrected chi connectivity index (χ0v) is 7.29. The Morgan fingerprint density at radius 2 is 2.00 bits per heavy atom. The van der Waals surface area contributed by atoms with E-state index in [1.807, 2.05) is 13.8 Å². The molecule has 1 fully saturated rings. The molecule has 5 heteroatoms. The number of carbonyl (C=O) groups is 1. The molecule has 3 N–H and O–H groups in total. The van der Waals surface area contributed by atoms with E-state index < -0.39 is 5.79 Å². The van der Waals surface area contributed by atoms with E-state index in [1.165, 1.54) is 0 Å². The molecule has 1 aliphatic rings. The number of nitrogens with two attached hydrogens (primary N) is 1. The Hall–Kier alpha value is -0.650. The Morgan fingerprint density at radius 3 is 2.42 bits per heavy atom. The number of hydrazine groups is 1. The highest BCUT2D eigenvalue weighted by Crippen LogP contribution is 2.20. The molecule has 0 atom stereocenters. The van der Waals surface area contributed by atoms with Crippen LogP contribution in [0.5, 0.6) is 0 Å². The number of rotatable bonds is 1. The third-order valence-electron chi connectivity index (χ3n) is 1.78. The molecule has 0 saturated carbocycles. The number of amides is 1. The largest absolute Gasteiger partial charge is 0.350 e. The van der Waals surface area contributed by atoms with Gasteiger partial charge in [-0.2, -0.15) is 0 Å². The fourth-order valence-electron chi connectivity index (χ4n) is 0.962. The van der Waals surface area contributed by atoms with Crippen molar-refractivity contribution in [3.8, 4) is 0 Å². The summed E-state index contributed by atoms with van der Waals surface area (Å²) in [4.78, 5) is 11.0. The fourth-order valence-corrected chi connectivity index (χ4v) is 0.962. The molecule has 0 unspecified atom stereocenters. The number of ether oxygens (including phenoxy) is 2. The van der Waals surface area contributed by atoms with E-state index in [2.05, 4.69) is 5.43 Å². The first-order valence-electron chi connectivity index (χ1n) is 3.83. The number of carbonyl (C=O) groups excluding carboxylic acids is 1. The van der Waals surface area contributed by atoms with Gasteiger partial charge in [-0.3, -0.25) is 10.2 Å². The summed E-state index contributed by atoms with van der Waals surface area (Å²) in [6, 6.07) is 0. The van der Waals surface area contributed by atoms with Gasteiger partial charge in [0.15, 0.2) is 5.79 Å². The third kappa shape index (κ3) is 2.17. The zero-order valence-electron chi connectivity index (χ0n) is 7.29. The maximum atomic E-state index is 11.0. The second kappa shape index (κ2) is 3.38. The van der Waals surface area contributed by atoms with E-state index in [9.17, 15) is 4.79 Å². The molecular formula is C7H14N2O3. The Bertz CT molecular complexity index is 171. The molecule has 0 aliphatic carbocycles. The molecule has 1 saturated heterocycles. The summed E-state index contributed by atoms with van der Waals surface area (Å²) in [6.45, 7) is 4.33. The SMILES string of the molecule is CC1(C)OCC(C(=O)NN)CO1. The van der Waals surface area contributed by atoms with Crippen molar-refractivity contribution in [2.24, 2.45) is 11.8 Å². The average Bonchev–Trinajstić information content (AvgIpc) is 2.03. The highest BCUT2D eigenvalue weighted by molar-refractivity contribution is 5.78. The highest BCUT2D eigenvalue weighted by atomic mass is 16.7. The van der Waals surface area contributed by atoms with Crippen LogP contribution < -0.4 is 11.3 Å². The lowest BCUT2D eigenvalue weighted by Crippen LogP contribution is -2.47. The summed E-state index contributed by atoms with van der Waals surface area (Å²) in [5.41, 5.74) is 2.06. The Balaban J connectivity index is 2.41. The van der Waals surface area contributed by atoms with Gasteiger partial charge in [-0.25, -0.2) is 5.84 Å². The van der Waals surface area contributed by atoms with Gasteiger partial charge in [0.25, 0.3) is 0 Å². The molecule has 0 spiro atoms. The minimum absolute atomic E-state index is 0.245. The molecule has 1 amide bonds. The van der Waals surface area contributed by atoms with E-state index in [0.29, 0.717) is 13.2 Å². The first-order chi connectivity index (χ1) is 5.55. The second-order valence-corrected chi connectivity index (χ2v) is 3.23. The molecule has 1 heterocycles. The van der Waals surface area contributed by atoms with Crippen molar-refractivity contribution in [3.63, 3.8) is 0 Å². The van der Waals surface area contributed by atoms with Gasteiger partial charge in [-0.15, -0.1) is 0 Å². The Kier molecular flexibility index (Phi) is 2.66. The van der Waals surface area contributed by atoms with Crippen LogP contribution in [0.15, 0.2) is 0 Å². The lowest BCUT2D eigenvalue weighted by atomic mass is 10.1. The summed E-state index contributed by atoms with van der Waals surface area (Å²) in [6.07, 6.45) is 0. The van der Waals surface area contributed by atoms with Gasteiger partial charge in [-0.1, -0.05) is 0 Å². The van der Waals surface area contributed by atoms with Crippen LogP contribution in [0.25, 0.3) is 0 Å². The van der Waals surface area contributed by atoms with Gasteiger partial charge in [0, 0.05) is 0 Å². The molecule has 1 aliphatic heterocycles. The summed E-state index contributed by atoms with van der Waals surface area (Å²) in [7, 11) is 0. The summed E-state index contributed by atoms with van der Waals surface area (Å²) in [5.74, 6) is 3.85. The van der Waals surface area contributed by atoms with Gasteiger partial charge in [-0.05, 0) is 13.8 Å². The van der Waals surface area contributed by atoms with Crippen molar-refractivity contribution in [2.75, 3.05) is 13.2 Å². The van der Waals surface area contributed by atoms with E-state index in [0.717, 1.165) is 0 Å². The topological polar surface area (TPSA) is 73.6 Å². The van der Waals surface area contributed by atoms with Crippen LogP contribution in [0.2, 0.25) is 0 Å². The lowest BCUT2D eigenvalue weighted by Gasteiger charge is -2.33. The molecular weight excluding hydrogens is 160 g/mol. The van der Waals surface area contributed by atoms with Crippen LogP contribution >= 0.6 is 0 Å². The maximum Gasteiger partial charge on any atom is 0.241 e. The molecule has 1 rings (SSSR count). The van der Waals surface area contributed by atoms with Crippen LogP contribution in [0, 0.1) is 5.92 Å². The van der Waals surface area contributed by atoms with Crippen LogP contribution in [0.4, 0.5) is 0 Å². The summed E-state index contributed by atoms with van der Waals surface area (Å²) < 4.78 is 10.5. The van der Waals surface area contributed by atoms with Gasteiger partial charge < -0.3 is 9.47 Å². The predicted molar refractivity (Wildman–Crippen MR) is 41.8 cm³/mol. The standard InChI is InChI=1S/C7H14N2O3/c1-7(2)11-3-5(4-12-7)6(10)9-8/h5H,3-4,8H2,1-2H3,(H,9,10). The third-order valence-corrected chi connectivity index (χ3v) is 1.78. The van der Waals surface area contributed by atoms with Gasteiger partial charge in [0.05, 0.1) is 19.1 Å². The molecule has 0 aromatic carbocycles. The molecule has 70 valence electrons. The van der Waals surface area contributed by atoms with Gasteiger partial charge in [0.2, 0.25) is 5.91 Å². The molecule has 0 aromatic heterocycles. The van der Waals surface area contributed by atoms with Crippen LogP contribution in [0.1, 0.15) is 13.8 Å². The van der Waals surface area contributed by atoms with Crippen molar-refractivity contribution in [1.82, 2.24) is 5.43 Å². The van der Waals surface area contributed by atoms with E-state index in [4.69, 9.17) is 15.3 Å². The first kappa shape index (κ1) is 9.44. The van der Waals surface area contributed by atoms with E-state index in [1.54, 1.807) is 0 Å². The molecule has 12 heavy (non-hydrogen) atoms. The Labute approximate surface area is 71.2 Å². The molecule has 0 bridgehead atoms. The smallest absolute Gasteiger partial charge is 0.241 e. The van der Waals surface area contributed by atoms with Crippen LogP contribution in [0.3, 0.4) is 0 Å². The highest BCUT2D eigenvalue weighted by Gasteiger charge is 2.31. The number of hydrogen-bond acceptors (Lipinski definition) is 4. The van der Waals surface area contributed by atoms with Crippen molar-refractivity contribution < 1.29 is 14.3 Å². The number of hydrogen-bond donors (Lipinski definition) is 2. The summed E-state index contributed by atoms with van der Waals surface area (Å²) >= 11 is 0. The van der Waals surface area contributed by atoms with Crippen molar-refractivity contribution in [3.05, 3.63) is 0 Å².